The van der Waals surface area contributed by atoms with Crippen molar-refractivity contribution in [3.05, 3.63) is 71.4 Å². The fourth-order valence-electron chi connectivity index (χ4n) is 5.74. The predicted octanol–water partition coefficient (Wildman–Crippen LogP) is 4.44. The number of carbonyl (C=O) groups excluding carboxylic acids is 1. The number of nitrogens with one attached hydrogen (secondary N) is 1. The predicted molar refractivity (Wildman–Crippen MR) is 156 cm³/mol. The van der Waals surface area contributed by atoms with Crippen molar-refractivity contribution < 1.29 is 24.1 Å². The van der Waals surface area contributed by atoms with Crippen molar-refractivity contribution in [2.45, 2.75) is 31.4 Å². The lowest BCUT2D eigenvalue weighted by Gasteiger charge is -2.30. The summed E-state index contributed by atoms with van der Waals surface area (Å²) in [5.74, 6) is 2.02. The van der Waals surface area contributed by atoms with E-state index in [1.54, 1.807) is 18.3 Å². The van der Waals surface area contributed by atoms with E-state index in [1.807, 2.05) is 42.5 Å². The van der Waals surface area contributed by atoms with Gasteiger partial charge in [-0.25, -0.2) is 4.98 Å². The number of nitrogens with zero attached hydrogens (tertiary/aromatic N) is 3. The number of anilines is 1. The Bertz CT molecular complexity index is 1350. The van der Waals surface area contributed by atoms with Crippen LogP contribution in [0.25, 0.3) is 0 Å². The molecule has 1 amide bonds. The van der Waals surface area contributed by atoms with E-state index in [0.29, 0.717) is 66.4 Å². The quantitative estimate of drug-likeness (QED) is 0.385. The van der Waals surface area contributed by atoms with E-state index in [1.165, 1.54) is 0 Å². The number of amides is 1. The summed E-state index contributed by atoms with van der Waals surface area (Å²) in [6, 6.07) is 16.1. The van der Waals surface area contributed by atoms with E-state index < -0.39 is 12.1 Å². The highest BCUT2D eigenvalue weighted by Crippen LogP contribution is 2.36. The van der Waals surface area contributed by atoms with E-state index in [4.69, 9.17) is 25.8 Å². The zero-order valence-electron chi connectivity index (χ0n) is 22.9. The average molecular weight is 579 g/mol. The number of pyridine rings is 1. The number of ether oxygens (including phenoxy) is 3. The van der Waals surface area contributed by atoms with Gasteiger partial charge >= 0.3 is 0 Å². The number of likely N-dealkylation sites (tertiary alicyclic amines) is 1. The minimum atomic E-state index is -0.879. The van der Waals surface area contributed by atoms with Crippen molar-refractivity contribution in [3.8, 4) is 23.1 Å². The third kappa shape index (κ3) is 6.53. The molecule has 0 radical (unpaired) electrons. The lowest BCUT2D eigenvalue weighted by atomic mass is 9.99. The molecule has 0 aliphatic carbocycles. The lowest BCUT2D eigenvalue weighted by Crippen LogP contribution is -2.48. The smallest absolute Gasteiger partial charge is 0.225 e. The Morgan fingerprint density at radius 3 is 2.71 bits per heavy atom. The van der Waals surface area contributed by atoms with Crippen LogP contribution in [0, 0.1) is 5.92 Å². The van der Waals surface area contributed by atoms with Crippen molar-refractivity contribution in [2.75, 3.05) is 50.8 Å². The Labute approximate surface area is 245 Å². The Balaban J connectivity index is 1.13. The third-order valence-corrected chi connectivity index (χ3v) is 8.27. The standard InChI is InChI=1S/C31H35ClN4O5/c32-24-8-7-23(18-27(24)41-29-5-1-2-11-33-29)36-14-10-22(19-36)31(38)34-25(20-35-12-3-4-13-35)30(37)21-6-9-26-28(17-21)40-16-15-39-26/h1-2,5-9,11,17-18,22,25,30,37H,3-4,10,12-16,19-20H2,(H,34,38). The molecule has 3 aromatic rings. The minimum Gasteiger partial charge on any atom is -0.486 e. The highest BCUT2D eigenvalue weighted by Gasteiger charge is 2.33. The van der Waals surface area contributed by atoms with E-state index in [-0.39, 0.29) is 11.8 Å². The molecule has 2 saturated heterocycles. The Hall–Kier alpha value is -3.53. The van der Waals surface area contributed by atoms with E-state index in [9.17, 15) is 9.90 Å². The first-order valence-electron chi connectivity index (χ1n) is 14.3. The lowest BCUT2D eigenvalue weighted by molar-refractivity contribution is -0.126. The monoisotopic (exact) mass is 578 g/mol. The molecule has 0 saturated carbocycles. The second kappa shape index (κ2) is 12.5. The summed E-state index contributed by atoms with van der Waals surface area (Å²) < 4.78 is 17.3. The molecule has 2 fully saturated rings. The summed E-state index contributed by atoms with van der Waals surface area (Å²) in [6.45, 7) is 4.80. The summed E-state index contributed by atoms with van der Waals surface area (Å²) in [4.78, 5) is 22.3. The summed E-state index contributed by atoms with van der Waals surface area (Å²) in [6.07, 6.45) is 3.76. The molecule has 10 heteroatoms. The van der Waals surface area contributed by atoms with Crippen LogP contribution < -0.4 is 24.4 Å². The SMILES string of the molecule is O=C(NC(CN1CCCC1)C(O)c1ccc2c(c1)OCCO2)C1CCN(c2ccc(Cl)c(Oc3ccccn3)c2)C1. The van der Waals surface area contributed by atoms with Gasteiger partial charge in [0.15, 0.2) is 11.5 Å². The number of aromatic nitrogens is 1. The summed E-state index contributed by atoms with van der Waals surface area (Å²) in [7, 11) is 0. The molecule has 2 N–H and O–H groups in total. The second-order valence-electron chi connectivity index (χ2n) is 10.8. The molecule has 3 aliphatic rings. The van der Waals surface area contributed by atoms with Gasteiger partial charge in [-0.15, -0.1) is 0 Å². The van der Waals surface area contributed by atoms with Gasteiger partial charge in [-0.3, -0.25) is 4.79 Å². The van der Waals surface area contributed by atoms with E-state index in [2.05, 4.69) is 20.1 Å². The van der Waals surface area contributed by atoms with Gasteiger partial charge in [-0.1, -0.05) is 23.7 Å². The molecule has 9 nitrogen and oxygen atoms in total. The zero-order chi connectivity index (χ0) is 28.2. The van der Waals surface area contributed by atoms with Gasteiger partial charge in [0.05, 0.1) is 17.0 Å². The molecule has 0 spiro atoms. The van der Waals surface area contributed by atoms with Crippen LogP contribution in [0.4, 0.5) is 5.69 Å². The molecule has 216 valence electrons. The van der Waals surface area contributed by atoms with Crippen LogP contribution in [-0.4, -0.2) is 72.9 Å². The fraction of sp³-hybridized carbons (Fsp3) is 0.419. The topological polar surface area (TPSA) is 96.4 Å². The number of hydrogen-bond acceptors (Lipinski definition) is 8. The van der Waals surface area contributed by atoms with Gasteiger partial charge in [0.2, 0.25) is 11.8 Å². The first-order chi connectivity index (χ1) is 20.0. The molecule has 4 heterocycles. The normalized spacial score (nSPS) is 20.0. The zero-order valence-corrected chi connectivity index (χ0v) is 23.6. The van der Waals surface area contributed by atoms with Crippen LogP contribution in [0.2, 0.25) is 5.02 Å². The van der Waals surface area contributed by atoms with Crippen LogP contribution in [0.15, 0.2) is 60.8 Å². The van der Waals surface area contributed by atoms with Crippen molar-refractivity contribution in [3.63, 3.8) is 0 Å². The number of halogens is 1. The summed E-state index contributed by atoms with van der Waals surface area (Å²) in [5, 5.41) is 15.2. The maximum Gasteiger partial charge on any atom is 0.225 e. The van der Waals surface area contributed by atoms with Gasteiger partial charge in [-0.05, 0) is 68.2 Å². The number of benzene rings is 2. The molecule has 3 aliphatic heterocycles. The van der Waals surface area contributed by atoms with Crippen LogP contribution in [0.1, 0.15) is 30.9 Å². The Morgan fingerprint density at radius 1 is 1.07 bits per heavy atom. The minimum absolute atomic E-state index is 0.0489. The summed E-state index contributed by atoms with van der Waals surface area (Å²) >= 11 is 6.40. The molecule has 6 rings (SSSR count). The van der Waals surface area contributed by atoms with Crippen molar-refractivity contribution in [2.24, 2.45) is 5.92 Å². The van der Waals surface area contributed by atoms with Gasteiger partial charge in [0.1, 0.15) is 25.1 Å². The first kappa shape index (κ1) is 27.6. The Kier molecular flexibility index (Phi) is 8.46. The van der Waals surface area contributed by atoms with Gasteiger partial charge in [-0.2, -0.15) is 0 Å². The average Bonchev–Trinajstić information content (AvgIpc) is 3.71. The van der Waals surface area contributed by atoms with Gasteiger partial charge in [0.25, 0.3) is 0 Å². The van der Waals surface area contributed by atoms with Gasteiger partial charge in [0, 0.05) is 43.7 Å². The molecule has 41 heavy (non-hydrogen) atoms. The van der Waals surface area contributed by atoms with Crippen LogP contribution in [0.3, 0.4) is 0 Å². The second-order valence-corrected chi connectivity index (χ2v) is 11.2. The molecule has 1 aromatic heterocycles. The number of hydrogen-bond donors (Lipinski definition) is 2. The van der Waals surface area contributed by atoms with Crippen LogP contribution >= 0.6 is 11.6 Å². The molecule has 0 bridgehead atoms. The maximum atomic E-state index is 13.6. The highest BCUT2D eigenvalue weighted by atomic mass is 35.5. The number of aliphatic hydroxyl groups is 1. The van der Waals surface area contributed by atoms with E-state index in [0.717, 1.165) is 38.2 Å². The molecular formula is C31H35ClN4O5. The van der Waals surface area contributed by atoms with Crippen LogP contribution in [-0.2, 0) is 4.79 Å². The van der Waals surface area contributed by atoms with Crippen molar-refractivity contribution in [1.82, 2.24) is 15.2 Å². The molecule has 2 aromatic carbocycles. The maximum absolute atomic E-state index is 13.6. The summed E-state index contributed by atoms with van der Waals surface area (Å²) in [5.41, 5.74) is 1.63. The number of fused-ring (bicyclic) bond motifs is 1. The Morgan fingerprint density at radius 2 is 1.90 bits per heavy atom. The number of rotatable bonds is 9. The first-order valence-corrected chi connectivity index (χ1v) is 14.6. The van der Waals surface area contributed by atoms with Gasteiger partial charge < -0.3 is 34.4 Å². The van der Waals surface area contributed by atoms with E-state index >= 15 is 0 Å². The largest absolute Gasteiger partial charge is 0.486 e. The van der Waals surface area contributed by atoms with Crippen LogP contribution in [0.5, 0.6) is 23.1 Å². The molecule has 3 unspecified atom stereocenters. The molecular weight excluding hydrogens is 544 g/mol. The number of aliphatic hydroxyl groups excluding tert-OH is 1. The highest BCUT2D eigenvalue weighted by molar-refractivity contribution is 6.32. The fourth-order valence-corrected chi connectivity index (χ4v) is 5.90. The van der Waals surface area contributed by atoms with Crippen molar-refractivity contribution >= 4 is 23.2 Å². The van der Waals surface area contributed by atoms with Crippen molar-refractivity contribution in [1.29, 1.82) is 0 Å². The number of carbonyl (C=O) groups is 1. The third-order valence-electron chi connectivity index (χ3n) is 7.96. The molecule has 3 atom stereocenters.